The fourth-order valence-corrected chi connectivity index (χ4v) is 2.78. The van der Waals surface area contributed by atoms with Crippen LogP contribution in [0.15, 0.2) is 0 Å². The van der Waals surface area contributed by atoms with E-state index in [1.165, 1.54) is 4.74 Å². The second kappa shape index (κ2) is 7.31. The van der Waals surface area contributed by atoms with Gasteiger partial charge in [0, 0.05) is 6.92 Å². The molecule has 0 amide bonds. The van der Waals surface area contributed by atoms with E-state index in [0.717, 1.165) is 0 Å². The van der Waals surface area contributed by atoms with Crippen LogP contribution in [0.1, 0.15) is 6.92 Å². The lowest BCUT2D eigenvalue weighted by Crippen LogP contribution is -2.83. The van der Waals surface area contributed by atoms with E-state index < -0.39 is 73.2 Å². The van der Waals surface area contributed by atoms with Gasteiger partial charge >= 0.3 is 66.2 Å². The summed E-state index contributed by atoms with van der Waals surface area (Å²) in [6, 6.07) is -12.3. The van der Waals surface area contributed by atoms with Crippen LogP contribution in [0.2, 0.25) is 0 Å². The molecular weight excluding hydrogens is 585 g/mol. The second-order valence-corrected chi connectivity index (χ2v) is 6.81. The Bertz CT molecular complexity index is 821. The van der Waals surface area contributed by atoms with Gasteiger partial charge in [0.1, 0.15) is 0 Å². The summed E-state index contributed by atoms with van der Waals surface area (Å²) in [5.41, 5.74) is -7.36. The molecule has 0 aromatic rings. The SMILES string of the molecule is CC1(F)OC(F)(F)C2(C(F)(F)O1)C(F)(F)OC(F)(C(F)(F)OC(F)(C(F)(F)F)C(F)(F)F)OC2(F)F. The van der Waals surface area contributed by atoms with Crippen molar-refractivity contribution in [2.24, 2.45) is 5.41 Å². The molecule has 214 valence electrons. The lowest BCUT2D eigenvalue weighted by Gasteiger charge is -2.57. The van der Waals surface area contributed by atoms with Crippen LogP contribution in [0.4, 0.5) is 83.4 Å². The molecule has 0 N–H and O–H groups in total. The third-order valence-electron chi connectivity index (χ3n) is 4.23. The van der Waals surface area contributed by atoms with Gasteiger partial charge in [-0.3, -0.25) is 23.7 Å². The molecule has 36 heavy (non-hydrogen) atoms. The van der Waals surface area contributed by atoms with E-state index in [-0.39, 0.29) is 0 Å². The minimum atomic E-state index is -7.80. The van der Waals surface area contributed by atoms with Gasteiger partial charge in [-0.1, -0.05) is 0 Å². The largest absolute Gasteiger partial charge is 0.458 e. The molecule has 2 rings (SSSR count). The molecule has 2 saturated heterocycles. The van der Waals surface area contributed by atoms with Crippen LogP contribution < -0.4 is 0 Å². The Labute approximate surface area is 181 Å². The fourth-order valence-electron chi connectivity index (χ4n) is 2.78. The molecule has 0 unspecified atom stereocenters. The number of hydrogen-bond donors (Lipinski definition) is 0. The summed E-state index contributed by atoms with van der Waals surface area (Å²) in [7, 11) is 0. The molecule has 0 atom stereocenters. The highest BCUT2D eigenvalue weighted by Crippen LogP contribution is 2.73. The Morgan fingerprint density at radius 1 is 0.500 bits per heavy atom. The number of ether oxygens (including phenoxy) is 5. The van der Waals surface area contributed by atoms with Gasteiger partial charge in [0.25, 0.3) is 0 Å². The average Bonchev–Trinajstić information content (AvgIpc) is 2.44. The molecule has 0 aliphatic carbocycles. The fraction of sp³-hybridized carbons (Fsp3) is 1.00. The Morgan fingerprint density at radius 3 is 1.06 bits per heavy atom. The maximum Gasteiger partial charge on any atom is 0.458 e. The molecule has 0 bridgehead atoms. The van der Waals surface area contributed by atoms with Gasteiger partial charge < -0.3 is 0 Å². The first-order chi connectivity index (χ1) is 15.3. The van der Waals surface area contributed by atoms with Crippen molar-refractivity contribution in [2.75, 3.05) is 0 Å². The zero-order valence-corrected chi connectivity index (χ0v) is 15.7. The standard InChI is InChI=1S/C12H3F19O5/c1-2(13)32-7(21,22)3(8(23,24)33-2)9(25,26)35-12(31,36-10(3,27)28)11(29,30)34-4(14,5(15,16)17)6(18,19)20/h1H3. The van der Waals surface area contributed by atoms with Gasteiger partial charge in [0.2, 0.25) is 0 Å². The van der Waals surface area contributed by atoms with E-state index in [4.69, 9.17) is 0 Å². The van der Waals surface area contributed by atoms with Gasteiger partial charge in [-0.15, -0.1) is 0 Å². The third kappa shape index (κ3) is 3.84. The Balaban J connectivity index is 2.72. The predicted octanol–water partition coefficient (Wildman–Crippen LogP) is 6.10. The van der Waals surface area contributed by atoms with Gasteiger partial charge in [-0.2, -0.15) is 83.4 Å². The lowest BCUT2D eigenvalue weighted by atomic mass is 9.79. The van der Waals surface area contributed by atoms with Crippen molar-refractivity contribution < 1.29 is 107 Å². The molecule has 0 aromatic carbocycles. The number of alkyl halides is 19. The van der Waals surface area contributed by atoms with Gasteiger partial charge in [0.05, 0.1) is 0 Å². The zero-order valence-electron chi connectivity index (χ0n) is 15.7. The topological polar surface area (TPSA) is 46.2 Å². The van der Waals surface area contributed by atoms with Crippen molar-refractivity contribution in [2.45, 2.75) is 67.8 Å². The molecule has 2 aliphatic heterocycles. The Hall–Kier alpha value is -1.53. The summed E-state index contributed by atoms with van der Waals surface area (Å²) in [5, 5.41) is 0. The van der Waals surface area contributed by atoms with Crippen LogP contribution >= 0.6 is 0 Å². The quantitative estimate of drug-likeness (QED) is 0.373. The summed E-state index contributed by atoms with van der Waals surface area (Å²) >= 11 is 0. The smallest absolute Gasteiger partial charge is 0.260 e. The van der Waals surface area contributed by atoms with Crippen molar-refractivity contribution in [1.82, 2.24) is 0 Å². The maximum atomic E-state index is 14.2. The summed E-state index contributed by atoms with van der Waals surface area (Å²) < 4.78 is 266. The van der Waals surface area contributed by atoms with Gasteiger partial charge in [-0.05, 0) is 0 Å². The van der Waals surface area contributed by atoms with Gasteiger partial charge in [-0.25, -0.2) is 0 Å². The van der Waals surface area contributed by atoms with Crippen LogP contribution in [0.3, 0.4) is 0 Å². The van der Waals surface area contributed by atoms with Crippen molar-refractivity contribution in [3.63, 3.8) is 0 Å². The first-order valence-corrected chi connectivity index (χ1v) is 7.88. The molecule has 1 spiro atoms. The molecular formula is C12H3F19O5. The van der Waals surface area contributed by atoms with Crippen molar-refractivity contribution in [3.05, 3.63) is 0 Å². The normalized spacial score (nSPS) is 36.7. The zero-order chi connectivity index (χ0) is 29.0. The summed E-state index contributed by atoms with van der Waals surface area (Å²) in [4.78, 5) is 0. The minimum absolute atomic E-state index is 0.584. The Kier molecular flexibility index (Phi) is 6.23. The summed E-state index contributed by atoms with van der Waals surface area (Å²) in [6.45, 7) is -0.584. The van der Waals surface area contributed by atoms with E-state index in [1.807, 2.05) is 9.47 Å². The van der Waals surface area contributed by atoms with Crippen molar-refractivity contribution >= 4 is 0 Å². The molecule has 0 radical (unpaired) electrons. The molecule has 2 aliphatic rings. The lowest BCUT2D eigenvalue weighted by molar-refractivity contribution is -0.702. The Morgan fingerprint density at radius 2 is 0.778 bits per heavy atom. The van der Waals surface area contributed by atoms with Gasteiger partial charge in [0.15, 0.2) is 0 Å². The molecule has 24 heteroatoms. The predicted molar refractivity (Wildman–Crippen MR) is 61.9 cm³/mol. The summed E-state index contributed by atoms with van der Waals surface area (Å²) in [5.74, 6) is -7.80. The second-order valence-electron chi connectivity index (χ2n) is 6.81. The van der Waals surface area contributed by atoms with E-state index in [1.54, 1.807) is 0 Å². The summed E-state index contributed by atoms with van der Waals surface area (Å²) in [6.07, 6.45) is -52.8. The highest BCUT2D eigenvalue weighted by Gasteiger charge is 3.01. The monoisotopic (exact) mass is 588 g/mol. The molecule has 2 fully saturated rings. The maximum absolute atomic E-state index is 14.2. The first-order valence-electron chi connectivity index (χ1n) is 7.88. The van der Waals surface area contributed by atoms with E-state index >= 15 is 0 Å². The van der Waals surface area contributed by atoms with Crippen LogP contribution in [0.25, 0.3) is 0 Å². The first kappa shape index (κ1) is 30.7. The van der Waals surface area contributed by atoms with E-state index in [0.29, 0.717) is 0 Å². The average molecular weight is 588 g/mol. The highest BCUT2D eigenvalue weighted by atomic mass is 19.4. The van der Waals surface area contributed by atoms with Crippen LogP contribution in [-0.4, -0.2) is 60.8 Å². The van der Waals surface area contributed by atoms with Crippen molar-refractivity contribution in [3.8, 4) is 0 Å². The van der Waals surface area contributed by atoms with Crippen LogP contribution in [-0.2, 0) is 23.7 Å². The van der Waals surface area contributed by atoms with E-state index in [2.05, 4.69) is 9.47 Å². The number of hydrogen-bond acceptors (Lipinski definition) is 5. The van der Waals surface area contributed by atoms with E-state index in [9.17, 15) is 83.4 Å². The molecule has 5 nitrogen and oxygen atoms in total. The van der Waals surface area contributed by atoms with Crippen LogP contribution in [0.5, 0.6) is 0 Å². The molecule has 2 heterocycles. The minimum Gasteiger partial charge on any atom is -0.260 e. The van der Waals surface area contributed by atoms with Crippen LogP contribution in [0, 0.1) is 5.41 Å². The highest BCUT2D eigenvalue weighted by molar-refractivity contribution is 5.11. The third-order valence-corrected chi connectivity index (χ3v) is 4.23. The van der Waals surface area contributed by atoms with Crippen molar-refractivity contribution in [1.29, 1.82) is 0 Å². The molecule has 0 saturated carbocycles. The number of halogens is 19. The number of rotatable bonds is 3. The molecule has 0 aromatic heterocycles.